The van der Waals surface area contributed by atoms with E-state index in [0.717, 1.165) is 19.3 Å². The number of aliphatic imine (C=N–C) groups is 1. The minimum absolute atomic E-state index is 0. The van der Waals surface area contributed by atoms with Crippen molar-refractivity contribution in [2.45, 2.75) is 45.3 Å². The van der Waals surface area contributed by atoms with Crippen LogP contribution in [-0.2, 0) is 14.8 Å². The van der Waals surface area contributed by atoms with Crippen molar-refractivity contribution in [2.75, 3.05) is 38.5 Å². The number of hydrogen-bond donors (Lipinski definition) is 3. The van der Waals surface area contributed by atoms with Crippen LogP contribution < -0.4 is 20.1 Å². The van der Waals surface area contributed by atoms with Gasteiger partial charge in [-0.2, -0.15) is 0 Å². The van der Waals surface area contributed by atoms with E-state index in [1.165, 1.54) is 12.1 Å². The largest absolute Gasteiger partial charge is 0.489 e. The molecule has 1 saturated heterocycles. The monoisotopic (exact) mass is 572 g/mol. The smallest absolute Gasteiger partial charge is 0.213 e. The van der Waals surface area contributed by atoms with Gasteiger partial charge in [0.1, 0.15) is 17.7 Å². The first-order chi connectivity index (χ1) is 14.4. The summed E-state index contributed by atoms with van der Waals surface area (Å²) in [5.41, 5.74) is 0. The Morgan fingerprint density at radius 2 is 2.16 bits per heavy atom. The second kappa shape index (κ2) is 14.8. The fraction of sp³-hybridized carbons (Fsp3) is 0.650. The number of halogens is 2. The highest BCUT2D eigenvalue weighted by Crippen LogP contribution is 2.14. The first-order valence-corrected chi connectivity index (χ1v) is 12.1. The van der Waals surface area contributed by atoms with Gasteiger partial charge in [0.25, 0.3) is 0 Å². The third-order valence-electron chi connectivity index (χ3n) is 4.45. The summed E-state index contributed by atoms with van der Waals surface area (Å²) in [6, 6.07) is 5.94. The molecule has 0 aliphatic carbocycles. The summed E-state index contributed by atoms with van der Waals surface area (Å²) in [7, 11) is -3.40. The molecule has 1 aromatic carbocycles. The van der Waals surface area contributed by atoms with Crippen LogP contribution in [0, 0.1) is 5.82 Å². The number of ether oxygens (including phenoxy) is 2. The molecular formula is C20H34FIN4O4S. The van der Waals surface area contributed by atoms with E-state index in [0.29, 0.717) is 38.0 Å². The van der Waals surface area contributed by atoms with Gasteiger partial charge in [-0.25, -0.2) is 22.5 Å². The lowest BCUT2D eigenvalue weighted by Gasteiger charge is -2.22. The zero-order chi connectivity index (χ0) is 21.8. The quantitative estimate of drug-likeness (QED) is 0.214. The van der Waals surface area contributed by atoms with Gasteiger partial charge in [0, 0.05) is 32.3 Å². The summed E-state index contributed by atoms with van der Waals surface area (Å²) in [4.78, 5) is 4.41. The number of hydrogen-bond acceptors (Lipinski definition) is 5. The SMILES string of the molecule is CCNC(=NCC(C)Oc1cccc(F)c1)NCCS(=O)(=O)NCC1CCCCO1.I. The maximum absolute atomic E-state index is 13.2. The Kier molecular flexibility index (Phi) is 13.3. The maximum atomic E-state index is 13.2. The van der Waals surface area contributed by atoms with E-state index in [4.69, 9.17) is 9.47 Å². The lowest BCUT2D eigenvalue weighted by atomic mass is 10.1. The third kappa shape index (κ3) is 11.9. The van der Waals surface area contributed by atoms with Crippen molar-refractivity contribution >= 4 is 40.0 Å². The van der Waals surface area contributed by atoms with Gasteiger partial charge < -0.3 is 20.1 Å². The van der Waals surface area contributed by atoms with Gasteiger partial charge in [-0.3, -0.25) is 0 Å². The van der Waals surface area contributed by atoms with Crippen molar-refractivity contribution < 1.29 is 22.3 Å². The Morgan fingerprint density at radius 1 is 1.35 bits per heavy atom. The summed E-state index contributed by atoms with van der Waals surface area (Å²) in [5, 5.41) is 6.09. The van der Waals surface area contributed by atoms with E-state index < -0.39 is 10.0 Å². The van der Waals surface area contributed by atoms with E-state index in [-0.39, 0.29) is 54.3 Å². The highest BCUT2D eigenvalue weighted by Gasteiger charge is 2.17. The molecule has 0 radical (unpaired) electrons. The lowest BCUT2D eigenvalue weighted by Crippen LogP contribution is -2.43. The summed E-state index contributed by atoms with van der Waals surface area (Å²) in [5.74, 6) is 0.510. The number of sulfonamides is 1. The van der Waals surface area contributed by atoms with E-state index in [1.807, 2.05) is 13.8 Å². The van der Waals surface area contributed by atoms with Gasteiger partial charge in [-0.1, -0.05) is 6.07 Å². The third-order valence-corrected chi connectivity index (χ3v) is 5.80. The zero-order valence-electron chi connectivity index (χ0n) is 18.1. The molecule has 1 aliphatic heterocycles. The van der Waals surface area contributed by atoms with Crippen LogP contribution in [-0.4, -0.2) is 65.1 Å². The van der Waals surface area contributed by atoms with Crippen LogP contribution >= 0.6 is 24.0 Å². The van der Waals surface area contributed by atoms with Crippen LogP contribution in [0.25, 0.3) is 0 Å². The summed E-state index contributed by atoms with van der Waals surface area (Å²) in [6.45, 7) is 5.94. The lowest BCUT2D eigenvalue weighted by molar-refractivity contribution is 0.0200. The maximum Gasteiger partial charge on any atom is 0.213 e. The molecule has 178 valence electrons. The van der Waals surface area contributed by atoms with Crippen LogP contribution in [0.2, 0.25) is 0 Å². The van der Waals surface area contributed by atoms with Crippen LogP contribution in [0.5, 0.6) is 5.75 Å². The minimum atomic E-state index is -3.40. The highest BCUT2D eigenvalue weighted by atomic mass is 127. The fourth-order valence-corrected chi connectivity index (χ4v) is 3.89. The average Bonchev–Trinajstić information content (AvgIpc) is 2.71. The number of rotatable bonds is 11. The Hall–Kier alpha value is -1.18. The molecule has 0 bridgehead atoms. The Bertz CT molecular complexity index is 776. The molecule has 0 amide bonds. The van der Waals surface area contributed by atoms with Crippen molar-refractivity contribution in [3.05, 3.63) is 30.1 Å². The molecule has 0 aromatic heterocycles. The predicted molar refractivity (Wildman–Crippen MR) is 131 cm³/mol. The normalized spacial score (nSPS) is 18.0. The Morgan fingerprint density at radius 3 is 2.84 bits per heavy atom. The molecule has 1 heterocycles. The van der Waals surface area contributed by atoms with Gasteiger partial charge >= 0.3 is 0 Å². The van der Waals surface area contributed by atoms with Crippen molar-refractivity contribution in [3.63, 3.8) is 0 Å². The summed E-state index contributed by atoms with van der Waals surface area (Å²) in [6.07, 6.45) is 2.67. The van der Waals surface area contributed by atoms with Crippen LogP contribution in [0.3, 0.4) is 0 Å². The van der Waals surface area contributed by atoms with Gasteiger partial charge in [-0.05, 0) is 45.2 Å². The number of benzene rings is 1. The zero-order valence-corrected chi connectivity index (χ0v) is 21.2. The topological polar surface area (TPSA) is 101 Å². The van der Waals surface area contributed by atoms with E-state index in [9.17, 15) is 12.8 Å². The number of guanidine groups is 1. The molecule has 1 aromatic rings. The molecule has 2 unspecified atom stereocenters. The second-order valence-corrected chi connectivity index (χ2v) is 9.11. The highest BCUT2D eigenvalue weighted by molar-refractivity contribution is 14.0. The average molecular weight is 572 g/mol. The predicted octanol–water partition coefficient (Wildman–Crippen LogP) is 2.25. The van der Waals surface area contributed by atoms with Crippen LogP contribution in [0.1, 0.15) is 33.1 Å². The molecule has 11 heteroatoms. The number of nitrogens with one attached hydrogen (secondary N) is 3. The first-order valence-electron chi connectivity index (χ1n) is 10.4. The molecular weight excluding hydrogens is 538 g/mol. The molecule has 0 saturated carbocycles. The van der Waals surface area contributed by atoms with E-state index in [1.54, 1.807) is 12.1 Å². The van der Waals surface area contributed by atoms with Crippen LogP contribution in [0.4, 0.5) is 4.39 Å². The summed E-state index contributed by atoms with van der Waals surface area (Å²) < 4.78 is 51.4. The number of nitrogens with zero attached hydrogens (tertiary/aromatic N) is 1. The Labute approximate surface area is 201 Å². The van der Waals surface area contributed by atoms with Crippen molar-refractivity contribution in [1.82, 2.24) is 15.4 Å². The Balaban J connectivity index is 0.00000480. The molecule has 2 rings (SSSR count). The first kappa shape index (κ1) is 27.9. The van der Waals surface area contributed by atoms with Gasteiger partial charge in [0.15, 0.2) is 5.96 Å². The molecule has 1 fully saturated rings. The second-order valence-electron chi connectivity index (χ2n) is 7.19. The standard InChI is InChI=1S/C20H33FN4O4S.HI/c1-3-22-20(24-14-16(2)29-18-9-6-7-17(21)13-18)23-10-12-30(26,27)25-15-19-8-4-5-11-28-19;/h6-7,9,13,16,19,25H,3-5,8,10-12,14-15H2,1-2H3,(H2,22,23,24);1H. The minimum Gasteiger partial charge on any atom is -0.489 e. The molecule has 8 nitrogen and oxygen atoms in total. The molecule has 2 atom stereocenters. The molecule has 3 N–H and O–H groups in total. The van der Waals surface area contributed by atoms with Gasteiger partial charge in [0.2, 0.25) is 10.0 Å². The van der Waals surface area contributed by atoms with E-state index >= 15 is 0 Å². The fourth-order valence-electron chi connectivity index (χ4n) is 2.94. The van der Waals surface area contributed by atoms with Gasteiger partial charge in [0.05, 0.1) is 18.4 Å². The van der Waals surface area contributed by atoms with Crippen LogP contribution in [0.15, 0.2) is 29.3 Å². The van der Waals surface area contributed by atoms with Crippen molar-refractivity contribution in [3.8, 4) is 5.75 Å². The van der Waals surface area contributed by atoms with Crippen molar-refractivity contribution in [1.29, 1.82) is 0 Å². The molecule has 1 aliphatic rings. The molecule has 31 heavy (non-hydrogen) atoms. The van der Waals surface area contributed by atoms with E-state index in [2.05, 4.69) is 20.3 Å². The van der Waals surface area contributed by atoms with Gasteiger partial charge in [-0.15, -0.1) is 24.0 Å². The van der Waals surface area contributed by atoms with Crippen molar-refractivity contribution in [2.24, 2.45) is 4.99 Å². The summed E-state index contributed by atoms with van der Waals surface area (Å²) >= 11 is 0. The molecule has 0 spiro atoms.